The van der Waals surface area contributed by atoms with E-state index in [-0.39, 0.29) is 16.6 Å². The minimum atomic E-state index is -0.301. The number of rotatable bonds is 3. The first kappa shape index (κ1) is 13.8. The van der Waals surface area contributed by atoms with Gasteiger partial charge in [-0.2, -0.15) is 0 Å². The van der Waals surface area contributed by atoms with Crippen LogP contribution < -0.4 is 11.1 Å². The number of pyridine rings is 1. The molecule has 0 bridgehead atoms. The Balaban J connectivity index is 2.07. The molecule has 2 rings (SSSR count). The average Bonchev–Trinajstić information content (AvgIpc) is 2.39. The van der Waals surface area contributed by atoms with Gasteiger partial charge >= 0.3 is 0 Å². The third-order valence-corrected chi connectivity index (χ3v) is 3.24. The number of carbonyl (C=O) groups excluding carboxylic acids is 1. The number of halogens is 2. The highest BCUT2D eigenvalue weighted by atomic mass is 79.9. The Hall–Kier alpha value is -1.59. The van der Waals surface area contributed by atoms with E-state index in [1.165, 1.54) is 12.3 Å². The molecule has 1 aromatic heterocycles. The average molecular weight is 341 g/mol. The second kappa shape index (κ2) is 6.04. The predicted molar refractivity (Wildman–Crippen MR) is 79.0 cm³/mol. The van der Waals surface area contributed by atoms with Crippen LogP contribution in [0, 0.1) is 0 Å². The second-order valence-corrected chi connectivity index (χ2v) is 5.19. The SMILES string of the molecule is Nc1cnc(Cl)c(C(=O)NCc2cccc(Br)c2)c1. The van der Waals surface area contributed by atoms with Crippen LogP contribution in [0.2, 0.25) is 5.15 Å². The summed E-state index contributed by atoms with van der Waals surface area (Å²) < 4.78 is 0.961. The number of aromatic nitrogens is 1. The van der Waals surface area contributed by atoms with Crippen LogP contribution in [-0.2, 0) is 6.54 Å². The van der Waals surface area contributed by atoms with Gasteiger partial charge in [-0.05, 0) is 23.8 Å². The van der Waals surface area contributed by atoms with Crippen molar-refractivity contribution in [3.8, 4) is 0 Å². The van der Waals surface area contributed by atoms with Crippen molar-refractivity contribution in [3.05, 3.63) is 57.3 Å². The molecule has 0 radical (unpaired) electrons. The lowest BCUT2D eigenvalue weighted by Crippen LogP contribution is -2.23. The zero-order valence-corrected chi connectivity index (χ0v) is 12.2. The Kier molecular flexibility index (Phi) is 4.39. The van der Waals surface area contributed by atoms with Gasteiger partial charge in [0.25, 0.3) is 5.91 Å². The zero-order chi connectivity index (χ0) is 13.8. The molecule has 0 spiro atoms. The lowest BCUT2D eigenvalue weighted by molar-refractivity contribution is 0.0950. The largest absolute Gasteiger partial charge is 0.397 e. The van der Waals surface area contributed by atoms with Gasteiger partial charge in [0.15, 0.2) is 0 Å². The van der Waals surface area contributed by atoms with Crippen LogP contribution in [0.15, 0.2) is 41.0 Å². The molecular weight excluding hydrogens is 330 g/mol. The molecule has 3 N–H and O–H groups in total. The maximum atomic E-state index is 12.0. The third-order valence-electron chi connectivity index (χ3n) is 2.45. The fraction of sp³-hybridized carbons (Fsp3) is 0.0769. The van der Waals surface area contributed by atoms with Crippen LogP contribution in [0.25, 0.3) is 0 Å². The first-order valence-corrected chi connectivity index (χ1v) is 6.67. The van der Waals surface area contributed by atoms with Crippen LogP contribution in [0.1, 0.15) is 15.9 Å². The van der Waals surface area contributed by atoms with E-state index >= 15 is 0 Å². The van der Waals surface area contributed by atoms with Crippen LogP contribution in [0.3, 0.4) is 0 Å². The summed E-state index contributed by atoms with van der Waals surface area (Å²) in [6.45, 7) is 0.406. The van der Waals surface area contributed by atoms with E-state index in [1.54, 1.807) is 0 Å². The fourth-order valence-corrected chi connectivity index (χ4v) is 2.18. The molecular formula is C13H11BrClN3O. The minimum absolute atomic E-state index is 0.140. The molecule has 19 heavy (non-hydrogen) atoms. The summed E-state index contributed by atoms with van der Waals surface area (Å²) in [6, 6.07) is 9.18. The van der Waals surface area contributed by atoms with E-state index in [0.29, 0.717) is 12.2 Å². The number of nitrogens with zero attached hydrogens (tertiary/aromatic N) is 1. The molecule has 98 valence electrons. The summed E-state index contributed by atoms with van der Waals surface area (Å²) >= 11 is 9.24. The standard InChI is InChI=1S/C13H11BrClN3O/c14-9-3-1-2-8(4-9)6-18-13(19)11-5-10(16)7-17-12(11)15/h1-5,7H,6,16H2,(H,18,19). The van der Waals surface area contributed by atoms with Crippen molar-refractivity contribution < 1.29 is 4.79 Å². The molecule has 1 amide bonds. The lowest BCUT2D eigenvalue weighted by Gasteiger charge is -2.07. The van der Waals surface area contributed by atoms with Gasteiger partial charge in [0, 0.05) is 11.0 Å². The van der Waals surface area contributed by atoms with Crippen LogP contribution >= 0.6 is 27.5 Å². The number of anilines is 1. The molecule has 1 heterocycles. The number of nitrogens with one attached hydrogen (secondary N) is 1. The van der Waals surface area contributed by atoms with Gasteiger partial charge in [0.1, 0.15) is 5.15 Å². The molecule has 0 aliphatic carbocycles. The van der Waals surface area contributed by atoms with E-state index in [9.17, 15) is 4.79 Å². The number of amides is 1. The van der Waals surface area contributed by atoms with Crippen LogP contribution in [0.4, 0.5) is 5.69 Å². The van der Waals surface area contributed by atoms with Gasteiger partial charge in [-0.3, -0.25) is 4.79 Å². The highest BCUT2D eigenvalue weighted by molar-refractivity contribution is 9.10. The molecule has 1 aromatic carbocycles. The van der Waals surface area contributed by atoms with Gasteiger partial charge in [-0.15, -0.1) is 0 Å². The van der Waals surface area contributed by atoms with E-state index in [4.69, 9.17) is 17.3 Å². The van der Waals surface area contributed by atoms with Crippen LogP contribution in [0.5, 0.6) is 0 Å². The number of nitrogen functional groups attached to an aromatic ring is 1. The van der Waals surface area contributed by atoms with Gasteiger partial charge in [0.2, 0.25) is 0 Å². The van der Waals surface area contributed by atoms with Gasteiger partial charge in [-0.1, -0.05) is 39.7 Å². The molecule has 2 aromatic rings. The summed E-state index contributed by atoms with van der Waals surface area (Å²) in [6.07, 6.45) is 1.41. The monoisotopic (exact) mass is 339 g/mol. The van der Waals surface area contributed by atoms with Gasteiger partial charge in [0.05, 0.1) is 17.4 Å². The van der Waals surface area contributed by atoms with E-state index in [0.717, 1.165) is 10.0 Å². The Morgan fingerprint density at radius 2 is 2.21 bits per heavy atom. The summed E-state index contributed by atoms with van der Waals surface area (Å²) in [7, 11) is 0. The van der Waals surface area contributed by atoms with Crippen molar-refractivity contribution >= 4 is 39.1 Å². The van der Waals surface area contributed by atoms with Crippen molar-refractivity contribution in [2.24, 2.45) is 0 Å². The van der Waals surface area contributed by atoms with Gasteiger partial charge < -0.3 is 11.1 Å². The topological polar surface area (TPSA) is 68.0 Å². The molecule has 0 aliphatic rings. The highest BCUT2D eigenvalue weighted by Gasteiger charge is 2.11. The molecule has 6 heteroatoms. The Bertz CT molecular complexity index is 619. The van der Waals surface area contributed by atoms with E-state index in [2.05, 4.69) is 26.2 Å². The van der Waals surface area contributed by atoms with Crippen molar-refractivity contribution in [2.45, 2.75) is 6.54 Å². The molecule has 0 saturated carbocycles. The maximum Gasteiger partial charge on any atom is 0.254 e. The predicted octanol–water partition coefficient (Wildman–Crippen LogP) is 3.01. The Morgan fingerprint density at radius 1 is 1.42 bits per heavy atom. The zero-order valence-electron chi connectivity index (χ0n) is 9.86. The molecule has 0 saturated heterocycles. The van der Waals surface area contributed by atoms with Crippen molar-refractivity contribution in [3.63, 3.8) is 0 Å². The molecule has 0 atom stereocenters. The molecule has 0 unspecified atom stereocenters. The summed E-state index contributed by atoms with van der Waals surface area (Å²) in [5, 5.41) is 2.91. The summed E-state index contributed by atoms with van der Waals surface area (Å²) in [4.78, 5) is 15.8. The lowest BCUT2D eigenvalue weighted by atomic mass is 10.2. The first-order valence-electron chi connectivity index (χ1n) is 5.50. The summed E-state index contributed by atoms with van der Waals surface area (Å²) in [5.74, 6) is -0.301. The molecule has 4 nitrogen and oxygen atoms in total. The smallest absolute Gasteiger partial charge is 0.254 e. The van der Waals surface area contributed by atoms with Crippen molar-refractivity contribution in [2.75, 3.05) is 5.73 Å². The first-order chi connectivity index (χ1) is 9.06. The normalized spacial score (nSPS) is 10.2. The fourth-order valence-electron chi connectivity index (χ4n) is 1.55. The second-order valence-electron chi connectivity index (χ2n) is 3.92. The number of hydrogen-bond acceptors (Lipinski definition) is 3. The van der Waals surface area contributed by atoms with E-state index < -0.39 is 0 Å². The number of hydrogen-bond donors (Lipinski definition) is 2. The number of nitrogens with two attached hydrogens (primary N) is 1. The summed E-state index contributed by atoms with van der Waals surface area (Å²) in [5.41, 5.74) is 7.24. The quantitative estimate of drug-likeness (QED) is 0.844. The third kappa shape index (κ3) is 3.68. The van der Waals surface area contributed by atoms with E-state index in [1.807, 2.05) is 24.3 Å². The van der Waals surface area contributed by atoms with Gasteiger partial charge in [-0.25, -0.2) is 4.98 Å². The number of benzene rings is 1. The van der Waals surface area contributed by atoms with Crippen molar-refractivity contribution in [1.29, 1.82) is 0 Å². The molecule has 0 aliphatic heterocycles. The van der Waals surface area contributed by atoms with Crippen LogP contribution in [-0.4, -0.2) is 10.9 Å². The number of carbonyl (C=O) groups is 1. The molecule has 0 fully saturated rings. The van der Waals surface area contributed by atoms with Crippen molar-refractivity contribution in [1.82, 2.24) is 10.3 Å². The Labute approximate surface area is 124 Å². The Morgan fingerprint density at radius 3 is 2.95 bits per heavy atom. The minimum Gasteiger partial charge on any atom is -0.397 e. The highest BCUT2D eigenvalue weighted by Crippen LogP contribution is 2.16. The maximum absolute atomic E-state index is 12.0.